The fourth-order valence-corrected chi connectivity index (χ4v) is 2.88. The molecule has 0 radical (unpaired) electrons. The molecule has 3 aromatic rings. The van der Waals surface area contributed by atoms with E-state index in [0.29, 0.717) is 16.6 Å². The van der Waals surface area contributed by atoms with E-state index in [9.17, 15) is 19.7 Å². The smallest absolute Gasteiger partial charge is 0.295 e. The largest absolute Gasteiger partial charge is 0.352 e. The second-order valence-corrected chi connectivity index (χ2v) is 6.77. The van der Waals surface area contributed by atoms with Crippen molar-refractivity contribution in [3.63, 3.8) is 0 Å². The van der Waals surface area contributed by atoms with Gasteiger partial charge in [0.05, 0.1) is 10.6 Å². The number of anilines is 1. The van der Waals surface area contributed by atoms with Crippen LogP contribution in [0.15, 0.2) is 59.2 Å². The number of carbonyl (C=O) groups is 2. The van der Waals surface area contributed by atoms with Crippen molar-refractivity contribution in [2.24, 2.45) is 0 Å². The van der Waals surface area contributed by atoms with Crippen molar-refractivity contribution in [3.8, 4) is 0 Å². The molecule has 2 amide bonds. The summed E-state index contributed by atoms with van der Waals surface area (Å²) in [6, 6.07) is 12.9. The van der Waals surface area contributed by atoms with Crippen molar-refractivity contribution in [2.45, 2.75) is 6.42 Å². The highest BCUT2D eigenvalue weighted by Crippen LogP contribution is 2.29. The molecule has 142 valence electrons. The molecule has 8 nitrogen and oxygen atoms in total. The number of nitrogens with one attached hydrogen (secondary N) is 2. The molecule has 1 aromatic heterocycles. The average molecular weight is 443 g/mol. The molecule has 2 N–H and O–H groups in total. The second-order valence-electron chi connectivity index (χ2n) is 5.85. The minimum atomic E-state index is -0.515. The van der Waals surface area contributed by atoms with Crippen LogP contribution in [-0.2, 0) is 4.79 Å². The Hall–Kier alpha value is -3.33. The van der Waals surface area contributed by atoms with E-state index in [2.05, 4.69) is 31.5 Å². The van der Waals surface area contributed by atoms with Gasteiger partial charge in [-0.1, -0.05) is 15.9 Å². The molecular weight excluding hydrogens is 428 g/mol. The SMILES string of the molecule is O=C(CCNC(=O)c1ccc(Br)cc1)Nc1ccc([N+](=O)[O-])c2ncccc12. The molecule has 0 unspecified atom stereocenters. The third-order valence-electron chi connectivity index (χ3n) is 3.96. The van der Waals surface area contributed by atoms with Gasteiger partial charge in [-0.25, -0.2) is 4.98 Å². The van der Waals surface area contributed by atoms with E-state index in [1.807, 2.05) is 0 Å². The number of carbonyl (C=O) groups excluding carboxylic acids is 2. The van der Waals surface area contributed by atoms with Gasteiger partial charge >= 0.3 is 0 Å². The van der Waals surface area contributed by atoms with Gasteiger partial charge < -0.3 is 10.6 Å². The van der Waals surface area contributed by atoms with Crippen molar-refractivity contribution in [1.82, 2.24) is 10.3 Å². The van der Waals surface area contributed by atoms with Gasteiger partial charge in [0.15, 0.2) is 0 Å². The molecule has 0 aliphatic heterocycles. The number of hydrogen-bond donors (Lipinski definition) is 2. The Morgan fingerprint density at radius 3 is 2.57 bits per heavy atom. The lowest BCUT2D eigenvalue weighted by Crippen LogP contribution is -2.27. The topological polar surface area (TPSA) is 114 Å². The number of pyridine rings is 1. The molecule has 0 saturated heterocycles. The minimum absolute atomic E-state index is 0.0566. The first-order valence-corrected chi connectivity index (χ1v) is 9.11. The van der Waals surface area contributed by atoms with Crippen molar-refractivity contribution >= 4 is 50.0 Å². The van der Waals surface area contributed by atoms with Crippen LogP contribution < -0.4 is 10.6 Å². The number of nitro benzene ring substituents is 1. The number of nitro groups is 1. The number of fused-ring (bicyclic) bond motifs is 1. The standard InChI is InChI=1S/C19H15BrN4O4/c20-13-5-3-12(4-6-13)19(26)22-11-9-17(25)23-15-7-8-16(24(27)28)18-14(15)2-1-10-21-18/h1-8,10H,9,11H2,(H,22,26)(H,23,25). The lowest BCUT2D eigenvalue weighted by Gasteiger charge is -2.09. The molecule has 0 bridgehead atoms. The zero-order valence-electron chi connectivity index (χ0n) is 14.5. The summed E-state index contributed by atoms with van der Waals surface area (Å²) in [6.45, 7) is 0.157. The first-order valence-electron chi connectivity index (χ1n) is 8.31. The average Bonchev–Trinajstić information content (AvgIpc) is 2.68. The van der Waals surface area contributed by atoms with E-state index < -0.39 is 4.92 Å². The number of amides is 2. The fraction of sp³-hybridized carbons (Fsp3) is 0.105. The van der Waals surface area contributed by atoms with Gasteiger partial charge in [0.2, 0.25) is 5.91 Å². The zero-order valence-corrected chi connectivity index (χ0v) is 16.1. The van der Waals surface area contributed by atoms with Crippen LogP contribution in [0.5, 0.6) is 0 Å². The Kier molecular flexibility index (Phi) is 5.95. The molecule has 0 saturated carbocycles. The van der Waals surface area contributed by atoms with E-state index in [0.717, 1.165) is 4.47 Å². The predicted octanol–water partition coefficient (Wildman–Crippen LogP) is 3.66. The lowest BCUT2D eigenvalue weighted by atomic mass is 10.1. The van der Waals surface area contributed by atoms with E-state index in [1.165, 1.54) is 18.3 Å². The molecule has 0 fully saturated rings. The lowest BCUT2D eigenvalue weighted by molar-refractivity contribution is -0.383. The van der Waals surface area contributed by atoms with Crippen LogP contribution in [0.1, 0.15) is 16.8 Å². The van der Waals surface area contributed by atoms with Crippen molar-refractivity contribution in [2.75, 3.05) is 11.9 Å². The van der Waals surface area contributed by atoms with Gasteiger partial charge in [0.25, 0.3) is 11.6 Å². The maximum Gasteiger partial charge on any atom is 0.295 e. The van der Waals surface area contributed by atoms with Crippen LogP contribution in [-0.4, -0.2) is 28.3 Å². The van der Waals surface area contributed by atoms with E-state index in [4.69, 9.17) is 0 Å². The summed E-state index contributed by atoms with van der Waals surface area (Å²) in [5, 5.41) is 17.0. The Morgan fingerprint density at radius 2 is 1.86 bits per heavy atom. The van der Waals surface area contributed by atoms with Gasteiger partial charge in [-0.15, -0.1) is 0 Å². The number of non-ortho nitro benzene ring substituents is 1. The second kappa shape index (κ2) is 8.57. The summed E-state index contributed by atoms with van der Waals surface area (Å²) in [7, 11) is 0. The Morgan fingerprint density at radius 1 is 1.11 bits per heavy atom. The Labute approximate surface area is 168 Å². The first kappa shape index (κ1) is 19.4. The zero-order chi connectivity index (χ0) is 20.1. The monoisotopic (exact) mass is 442 g/mol. The molecular formula is C19H15BrN4O4. The van der Waals surface area contributed by atoms with E-state index in [-0.39, 0.29) is 36.0 Å². The summed E-state index contributed by atoms with van der Waals surface area (Å²) < 4.78 is 0.869. The molecule has 3 rings (SSSR count). The van der Waals surface area contributed by atoms with Crippen LogP contribution >= 0.6 is 15.9 Å². The summed E-state index contributed by atoms with van der Waals surface area (Å²) >= 11 is 3.30. The molecule has 0 aliphatic carbocycles. The highest BCUT2D eigenvalue weighted by Gasteiger charge is 2.16. The maximum absolute atomic E-state index is 12.2. The van der Waals surface area contributed by atoms with Gasteiger partial charge in [-0.05, 0) is 42.5 Å². The summed E-state index contributed by atoms with van der Waals surface area (Å²) in [5.41, 5.74) is 0.998. The number of benzene rings is 2. The molecule has 0 atom stereocenters. The minimum Gasteiger partial charge on any atom is -0.352 e. The molecule has 9 heteroatoms. The van der Waals surface area contributed by atoms with E-state index in [1.54, 1.807) is 36.4 Å². The summed E-state index contributed by atoms with van der Waals surface area (Å²) in [5.74, 6) is -0.597. The highest BCUT2D eigenvalue weighted by atomic mass is 79.9. The maximum atomic E-state index is 12.2. The van der Waals surface area contributed by atoms with Crippen LogP contribution in [0.4, 0.5) is 11.4 Å². The van der Waals surface area contributed by atoms with Crippen LogP contribution in [0.25, 0.3) is 10.9 Å². The third kappa shape index (κ3) is 4.49. The number of nitrogens with zero attached hydrogens (tertiary/aromatic N) is 2. The number of aromatic nitrogens is 1. The van der Waals surface area contributed by atoms with Gasteiger partial charge in [-0.2, -0.15) is 0 Å². The summed E-state index contributed by atoms with van der Waals surface area (Å²) in [6.07, 6.45) is 1.51. The Bertz CT molecular complexity index is 1050. The normalized spacial score (nSPS) is 10.5. The Balaban J connectivity index is 1.62. The fourth-order valence-electron chi connectivity index (χ4n) is 2.62. The van der Waals surface area contributed by atoms with Crippen molar-refractivity contribution in [1.29, 1.82) is 0 Å². The van der Waals surface area contributed by atoms with Crippen LogP contribution in [0, 0.1) is 10.1 Å². The van der Waals surface area contributed by atoms with Crippen LogP contribution in [0.2, 0.25) is 0 Å². The molecule has 2 aromatic carbocycles. The summed E-state index contributed by atoms with van der Waals surface area (Å²) in [4.78, 5) is 38.9. The predicted molar refractivity (Wildman–Crippen MR) is 108 cm³/mol. The molecule has 0 aliphatic rings. The molecule has 0 spiro atoms. The van der Waals surface area contributed by atoms with E-state index >= 15 is 0 Å². The van der Waals surface area contributed by atoms with Crippen LogP contribution in [0.3, 0.4) is 0 Å². The first-order chi connectivity index (χ1) is 13.5. The quantitative estimate of drug-likeness (QED) is 0.446. The van der Waals surface area contributed by atoms with Gasteiger partial charge in [0, 0.05) is 40.7 Å². The number of halogens is 1. The molecule has 28 heavy (non-hydrogen) atoms. The third-order valence-corrected chi connectivity index (χ3v) is 4.49. The van der Waals surface area contributed by atoms with Gasteiger partial charge in [-0.3, -0.25) is 19.7 Å². The van der Waals surface area contributed by atoms with Gasteiger partial charge in [0.1, 0.15) is 5.52 Å². The number of hydrogen-bond acceptors (Lipinski definition) is 5. The van der Waals surface area contributed by atoms with Crippen molar-refractivity contribution in [3.05, 3.63) is 74.9 Å². The molecule has 1 heterocycles. The highest BCUT2D eigenvalue weighted by molar-refractivity contribution is 9.10. The van der Waals surface area contributed by atoms with Crippen molar-refractivity contribution < 1.29 is 14.5 Å². The number of rotatable bonds is 6.